The summed E-state index contributed by atoms with van der Waals surface area (Å²) in [6.07, 6.45) is 41.8. The molecule has 0 aromatic carbocycles. The number of amides is 1. The third kappa shape index (κ3) is 22.7. The van der Waals surface area contributed by atoms with Crippen LogP contribution in [-0.4, -0.2) is 23.9 Å². The summed E-state index contributed by atoms with van der Waals surface area (Å²) in [5.41, 5.74) is 0. The van der Waals surface area contributed by atoms with E-state index in [1.165, 1.54) is 180 Å². The van der Waals surface area contributed by atoms with Crippen LogP contribution in [0.1, 0.15) is 200 Å². The van der Waals surface area contributed by atoms with Gasteiger partial charge in [-0.2, -0.15) is 0 Å². The number of nitrogens with zero attached hydrogens (tertiary/aromatic N) is 1. The zero-order valence-electron chi connectivity index (χ0n) is 25.0. The molecular formula is C34H67NO. The highest BCUT2D eigenvalue weighted by Gasteiger charge is 2.16. The van der Waals surface area contributed by atoms with Gasteiger partial charge in [0.25, 0.3) is 0 Å². The number of carbonyl (C=O) groups is 1. The highest BCUT2D eigenvalue weighted by Crippen LogP contribution is 2.17. The molecule has 1 aliphatic heterocycles. The second kappa shape index (κ2) is 27.5. The fraction of sp³-hybridized carbons (Fsp3) is 0.971. The van der Waals surface area contributed by atoms with Crippen LogP contribution < -0.4 is 0 Å². The highest BCUT2D eigenvalue weighted by molar-refractivity contribution is 5.76. The quantitative estimate of drug-likeness (QED) is 0.0968. The summed E-state index contributed by atoms with van der Waals surface area (Å²) in [5.74, 6) is 0.409. The van der Waals surface area contributed by atoms with Gasteiger partial charge in [0.1, 0.15) is 0 Å². The first-order chi connectivity index (χ1) is 17.8. The Labute approximate surface area is 228 Å². The van der Waals surface area contributed by atoms with Gasteiger partial charge in [-0.05, 0) is 19.3 Å². The summed E-state index contributed by atoms with van der Waals surface area (Å²) >= 11 is 0. The van der Waals surface area contributed by atoms with Gasteiger partial charge in [0, 0.05) is 19.5 Å². The first-order valence-corrected chi connectivity index (χ1v) is 17.1. The van der Waals surface area contributed by atoms with E-state index >= 15 is 0 Å². The molecule has 0 aromatic heterocycles. The summed E-state index contributed by atoms with van der Waals surface area (Å²) in [6, 6.07) is 0. The molecule has 0 saturated carbocycles. The Morgan fingerprint density at radius 1 is 0.417 bits per heavy atom. The van der Waals surface area contributed by atoms with Crippen LogP contribution in [0, 0.1) is 0 Å². The van der Waals surface area contributed by atoms with Crippen molar-refractivity contribution in [2.75, 3.05) is 13.1 Å². The van der Waals surface area contributed by atoms with E-state index in [2.05, 4.69) is 11.8 Å². The van der Waals surface area contributed by atoms with E-state index in [1.807, 2.05) is 0 Å². The van der Waals surface area contributed by atoms with Gasteiger partial charge in [0.05, 0.1) is 0 Å². The number of hydrogen-bond acceptors (Lipinski definition) is 1. The van der Waals surface area contributed by atoms with Crippen molar-refractivity contribution in [3.8, 4) is 0 Å². The van der Waals surface area contributed by atoms with E-state index in [1.54, 1.807) is 0 Å². The molecule has 1 fully saturated rings. The first-order valence-electron chi connectivity index (χ1n) is 17.1. The maximum atomic E-state index is 12.0. The second-order valence-corrected chi connectivity index (χ2v) is 12.0. The Kier molecular flexibility index (Phi) is 25.6. The van der Waals surface area contributed by atoms with Crippen molar-refractivity contribution in [2.45, 2.75) is 200 Å². The van der Waals surface area contributed by atoms with E-state index in [4.69, 9.17) is 0 Å². The first kappa shape index (κ1) is 33.5. The average Bonchev–Trinajstić information content (AvgIpc) is 3.43. The maximum absolute atomic E-state index is 12.0. The molecule has 1 rings (SSSR count). The SMILES string of the molecule is CCCCCCCCCCCCCCCCCCCCCCCCCCCCCC(=O)N1CCCC1. The molecule has 0 spiro atoms. The number of unbranched alkanes of at least 4 members (excludes halogenated alkanes) is 26. The van der Waals surface area contributed by atoms with Crippen LogP contribution in [0.3, 0.4) is 0 Å². The third-order valence-corrected chi connectivity index (χ3v) is 8.45. The van der Waals surface area contributed by atoms with Crippen LogP contribution >= 0.6 is 0 Å². The van der Waals surface area contributed by atoms with Gasteiger partial charge in [0.2, 0.25) is 5.91 Å². The summed E-state index contributed by atoms with van der Waals surface area (Å²) in [6.45, 7) is 4.33. The van der Waals surface area contributed by atoms with Gasteiger partial charge in [-0.25, -0.2) is 0 Å². The molecule has 214 valence electrons. The van der Waals surface area contributed by atoms with E-state index < -0.39 is 0 Å². The second-order valence-electron chi connectivity index (χ2n) is 12.0. The standard InChI is InChI=1S/C34H67NO/c1-2-3-4-5-6-7-8-9-10-11-12-13-14-15-16-17-18-19-20-21-22-23-24-25-26-27-28-31-34(36)35-32-29-30-33-35/h2-33H2,1H3. The topological polar surface area (TPSA) is 20.3 Å². The van der Waals surface area contributed by atoms with Crippen molar-refractivity contribution in [2.24, 2.45) is 0 Å². The van der Waals surface area contributed by atoms with Gasteiger partial charge in [-0.1, -0.05) is 174 Å². The lowest BCUT2D eigenvalue weighted by Gasteiger charge is -2.14. The smallest absolute Gasteiger partial charge is 0.222 e. The minimum Gasteiger partial charge on any atom is -0.343 e. The number of carbonyl (C=O) groups excluding carboxylic acids is 1. The largest absolute Gasteiger partial charge is 0.343 e. The maximum Gasteiger partial charge on any atom is 0.222 e. The lowest BCUT2D eigenvalue weighted by molar-refractivity contribution is -0.130. The normalized spacial score (nSPS) is 13.6. The third-order valence-electron chi connectivity index (χ3n) is 8.45. The van der Waals surface area contributed by atoms with Crippen LogP contribution in [0.2, 0.25) is 0 Å². The van der Waals surface area contributed by atoms with Gasteiger partial charge in [-0.15, -0.1) is 0 Å². The molecular weight excluding hydrogens is 438 g/mol. The lowest BCUT2D eigenvalue weighted by atomic mass is 10.0. The molecule has 1 heterocycles. The number of rotatable bonds is 28. The van der Waals surface area contributed by atoms with Crippen molar-refractivity contribution >= 4 is 5.91 Å². The average molecular weight is 506 g/mol. The number of hydrogen-bond donors (Lipinski definition) is 0. The number of likely N-dealkylation sites (tertiary alicyclic amines) is 1. The van der Waals surface area contributed by atoms with E-state index in [-0.39, 0.29) is 0 Å². The Hall–Kier alpha value is -0.530. The van der Waals surface area contributed by atoms with Crippen molar-refractivity contribution in [3.05, 3.63) is 0 Å². The molecule has 0 atom stereocenters. The van der Waals surface area contributed by atoms with Crippen molar-refractivity contribution < 1.29 is 4.79 Å². The Bertz CT molecular complexity index is 442. The van der Waals surface area contributed by atoms with Gasteiger partial charge in [-0.3, -0.25) is 4.79 Å². The van der Waals surface area contributed by atoms with Crippen LogP contribution in [0.15, 0.2) is 0 Å². The predicted octanol–water partition coefficient (Wildman–Crippen LogP) is 11.6. The van der Waals surface area contributed by atoms with Crippen molar-refractivity contribution in [1.29, 1.82) is 0 Å². The Balaban J connectivity index is 1.63. The Morgan fingerprint density at radius 3 is 0.944 bits per heavy atom. The van der Waals surface area contributed by atoms with Gasteiger partial charge < -0.3 is 4.90 Å². The molecule has 0 aliphatic carbocycles. The van der Waals surface area contributed by atoms with Crippen LogP contribution in [0.25, 0.3) is 0 Å². The molecule has 1 saturated heterocycles. The molecule has 0 N–H and O–H groups in total. The fourth-order valence-electron chi connectivity index (χ4n) is 5.89. The summed E-state index contributed by atoms with van der Waals surface area (Å²) in [5, 5.41) is 0. The molecule has 0 radical (unpaired) electrons. The summed E-state index contributed by atoms with van der Waals surface area (Å²) < 4.78 is 0. The highest BCUT2D eigenvalue weighted by atomic mass is 16.2. The molecule has 1 amide bonds. The zero-order chi connectivity index (χ0) is 25.8. The van der Waals surface area contributed by atoms with E-state index in [9.17, 15) is 4.79 Å². The zero-order valence-corrected chi connectivity index (χ0v) is 25.0. The van der Waals surface area contributed by atoms with E-state index in [0.717, 1.165) is 25.9 Å². The van der Waals surface area contributed by atoms with E-state index in [0.29, 0.717) is 5.91 Å². The molecule has 36 heavy (non-hydrogen) atoms. The van der Waals surface area contributed by atoms with Gasteiger partial charge in [0.15, 0.2) is 0 Å². The molecule has 1 aliphatic rings. The Morgan fingerprint density at radius 2 is 0.667 bits per heavy atom. The van der Waals surface area contributed by atoms with Crippen LogP contribution in [-0.2, 0) is 4.79 Å². The lowest BCUT2D eigenvalue weighted by Crippen LogP contribution is -2.27. The van der Waals surface area contributed by atoms with Crippen LogP contribution in [0.4, 0.5) is 0 Å². The van der Waals surface area contributed by atoms with Crippen molar-refractivity contribution in [1.82, 2.24) is 4.90 Å². The fourth-order valence-corrected chi connectivity index (χ4v) is 5.89. The van der Waals surface area contributed by atoms with Crippen LogP contribution in [0.5, 0.6) is 0 Å². The summed E-state index contributed by atoms with van der Waals surface area (Å²) in [7, 11) is 0. The minimum absolute atomic E-state index is 0.409. The molecule has 2 heteroatoms. The van der Waals surface area contributed by atoms with Gasteiger partial charge >= 0.3 is 0 Å². The van der Waals surface area contributed by atoms with Crippen molar-refractivity contribution in [3.63, 3.8) is 0 Å². The summed E-state index contributed by atoms with van der Waals surface area (Å²) in [4.78, 5) is 14.1. The molecule has 2 nitrogen and oxygen atoms in total. The molecule has 0 aromatic rings. The minimum atomic E-state index is 0.409. The monoisotopic (exact) mass is 506 g/mol. The molecule has 0 bridgehead atoms. The predicted molar refractivity (Wildman–Crippen MR) is 161 cm³/mol. The molecule has 0 unspecified atom stereocenters.